The third-order valence-electron chi connectivity index (χ3n) is 1.51. The van der Waals surface area contributed by atoms with Gasteiger partial charge in [-0.05, 0) is 20.8 Å². The van der Waals surface area contributed by atoms with Crippen LogP contribution in [-0.2, 0) is 9.84 Å². The molecule has 0 aromatic rings. The molecule has 0 aromatic heterocycles. The first-order chi connectivity index (χ1) is 4.90. The minimum Gasteiger partial charge on any atom is -0.297 e. The van der Waals surface area contributed by atoms with Gasteiger partial charge in [0.1, 0.15) is 0 Å². The molecule has 0 amide bonds. The van der Waals surface area contributed by atoms with Gasteiger partial charge < -0.3 is 0 Å². The normalized spacial score (nSPS) is 14.1. The van der Waals surface area contributed by atoms with Gasteiger partial charge in [-0.3, -0.25) is 4.99 Å². The maximum Gasteiger partial charge on any atom is 0.157 e. The topological polar surface area (TPSA) is 46.5 Å². The van der Waals surface area contributed by atoms with E-state index in [1.165, 1.54) is 0 Å². The van der Waals surface area contributed by atoms with Crippen LogP contribution in [0.1, 0.15) is 20.8 Å². The van der Waals surface area contributed by atoms with Crippen LogP contribution in [0.3, 0.4) is 0 Å². The zero-order chi connectivity index (χ0) is 9.07. The maximum atomic E-state index is 11.2. The van der Waals surface area contributed by atoms with Crippen LogP contribution >= 0.6 is 0 Å². The van der Waals surface area contributed by atoms with E-state index in [0.29, 0.717) is 5.71 Å². The van der Waals surface area contributed by atoms with Crippen LogP contribution in [0.5, 0.6) is 0 Å². The van der Waals surface area contributed by atoms with Gasteiger partial charge in [0.2, 0.25) is 0 Å². The van der Waals surface area contributed by atoms with Gasteiger partial charge in [0.25, 0.3) is 0 Å². The Bertz CT molecular complexity index is 239. The fraction of sp³-hybridized carbons (Fsp3) is 0.857. The molecule has 3 nitrogen and oxygen atoms in total. The Hall–Kier alpha value is -0.380. The average molecular weight is 177 g/mol. The Morgan fingerprint density at radius 3 is 2.18 bits per heavy atom. The number of hydrogen-bond donors (Lipinski definition) is 0. The van der Waals surface area contributed by atoms with Gasteiger partial charge in [-0.1, -0.05) is 0 Å². The average Bonchev–Trinajstić information content (AvgIpc) is 1.86. The summed E-state index contributed by atoms with van der Waals surface area (Å²) in [6.45, 7) is 5.08. The van der Waals surface area contributed by atoms with Gasteiger partial charge in [-0.2, -0.15) is 0 Å². The van der Waals surface area contributed by atoms with Crippen molar-refractivity contribution in [3.8, 4) is 0 Å². The Morgan fingerprint density at radius 1 is 1.45 bits per heavy atom. The van der Waals surface area contributed by atoms with E-state index in [9.17, 15) is 8.42 Å². The van der Waals surface area contributed by atoms with E-state index in [1.54, 1.807) is 27.8 Å². The lowest BCUT2D eigenvalue weighted by molar-refractivity contribution is 0.591. The quantitative estimate of drug-likeness (QED) is 0.601. The molecule has 0 unspecified atom stereocenters. The highest BCUT2D eigenvalue weighted by Gasteiger charge is 2.16. The summed E-state index contributed by atoms with van der Waals surface area (Å²) >= 11 is 0. The first kappa shape index (κ1) is 10.6. The molecule has 0 saturated heterocycles. The molecule has 0 bridgehead atoms. The Morgan fingerprint density at radius 2 is 1.91 bits per heavy atom. The van der Waals surface area contributed by atoms with Crippen LogP contribution in [0.4, 0.5) is 0 Å². The van der Waals surface area contributed by atoms with E-state index < -0.39 is 9.84 Å². The number of nitrogens with zero attached hydrogens (tertiary/aromatic N) is 1. The van der Waals surface area contributed by atoms with Crippen molar-refractivity contribution in [3.63, 3.8) is 0 Å². The first-order valence-corrected chi connectivity index (χ1v) is 5.25. The minimum atomic E-state index is -2.94. The second-order valence-electron chi connectivity index (χ2n) is 2.81. The lowest BCUT2D eigenvalue weighted by atomic mass is 10.5. The molecule has 0 aliphatic rings. The van der Waals surface area contributed by atoms with E-state index in [0.717, 1.165) is 0 Å². The van der Waals surface area contributed by atoms with Crippen molar-refractivity contribution in [1.82, 2.24) is 0 Å². The molecule has 0 aliphatic carbocycles. The van der Waals surface area contributed by atoms with Crippen molar-refractivity contribution in [2.24, 2.45) is 4.99 Å². The molecule has 4 heteroatoms. The third-order valence-corrected chi connectivity index (χ3v) is 3.77. The molecule has 0 rings (SSSR count). The van der Waals surface area contributed by atoms with Crippen LogP contribution in [0, 0.1) is 0 Å². The molecule has 0 heterocycles. The molecule has 66 valence electrons. The van der Waals surface area contributed by atoms with Crippen molar-refractivity contribution >= 4 is 15.5 Å². The summed E-state index contributed by atoms with van der Waals surface area (Å²) in [5.41, 5.74) is 0.665. The summed E-state index contributed by atoms with van der Waals surface area (Å²) in [7, 11) is -1.34. The lowest BCUT2D eigenvalue weighted by Crippen LogP contribution is -2.22. The fourth-order valence-electron chi connectivity index (χ4n) is 0.522. The second kappa shape index (κ2) is 3.85. The van der Waals surface area contributed by atoms with Crippen molar-refractivity contribution in [2.75, 3.05) is 12.8 Å². The molecular weight excluding hydrogens is 162 g/mol. The van der Waals surface area contributed by atoms with Gasteiger partial charge in [0.15, 0.2) is 9.84 Å². The van der Waals surface area contributed by atoms with E-state index in [4.69, 9.17) is 0 Å². The summed E-state index contributed by atoms with van der Waals surface area (Å²) in [5, 5.41) is -0.306. The maximum absolute atomic E-state index is 11.2. The SMILES string of the molecule is C/N=C(\C)CS(=O)(=O)C(C)C. The zero-order valence-corrected chi connectivity index (χ0v) is 8.27. The van der Waals surface area contributed by atoms with E-state index >= 15 is 0 Å². The van der Waals surface area contributed by atoms with Gasteiger partial charge in [-0.15, -0.1) is 0 Å². The number of hydrogen-bond acceptors (Lipinski definition) is 3. The van der Waals surface area contributed by atoms with E-state index in [-0.39, 0.29) is 11.0 Å². The Labute approximate surface area is 68.4 Å². The van der Waals surface area contributed by atoms with Crippen LogP contribution in [0.15, 0.2) is 4.99 Å². The monoisotopic (exact) mass is 177 g/mol. The first-order valence-electron chi connectivity index (χ1n) is 3.54. The number of aliphatic imine (C=N–C) groups is 1. The summed E-state index contributed by atoms with van der Waals surface area (Å²) in [4.78, 5) is 3.79. The van der Waals surface area contributed by atoms with Gasteiger partial charge in [-0.25, -0.2) is 8.42 Å². The smallest absolute Gasteiger partial charge is 0.157 e. The van der Waals surface area contributed by atoms with Crippen LogP contribution < -0.4 is 0 Å². The minimum absolute atomic E-state index is 0.0845. The number of sulfone groups is 1. The highest BCUT2D eigenvalue weighted by atomic mass is 32.2. The molecule has 0 spiro atoms. The highest BCUT2D eigenvalue weighted by molar-refractivity contribution is 7.92. The Kier molecular flexibility index (Phi) is 3.72. The molecule has 0 atom stereocenters. The molecule has 0 aliphatic heterocycles. The third kappa shape index (κ3) is 3.51. The molecule has 0 N–H and O–H groups in total. The predicted octanol–water partition coefficient (Wildman–Crippen LogP) is 0.900. The molecule has 0 aromatic carbocycles. The van der Waals surface area contributed by atoms with Crippen LogP contribution in [-0.4, -0.2) is 32.2 Å². The summed E-state index contributed by atoms with van der Waals surface area (Å²) < 4.78 is 22.4. The molecular formula is C7H15NO2S. The van der Waals surface area contributed by atoms with Gasteiger partial charge in [0, 0.05) is 12.8 Å². The zero-order valence-electron chi connectivity index (χ0n) is 7.46. The lowest BCUT2D eigenvalue weighted by Gasteiger charge is -2.05. The summed E-state index contributed by atoms with van der Waals surface area (Å²) in [6, 6.07) is 0. The van der Waals surface area contributed by atoms with Crippen LogP contribution in [0.2, 0.25) is 0 Å². The second-order valence-corrected chi connectivity index (χ2v) is 5.37. The highest BCUT2D eigenvalue weighted by Crippen LogP contribution is 2.00. The van der Waals surface area contributed by atoms with Crippen molar-refractivity contribution in [3.05, 3.63) is 0 Å². The summed E-state index contributed by atoms with van der Waals surface area (Å²) in [6.07, 6.45) is 0. The Balaban J connectivity index is 4.39. The van der Waals surface area contributed by atoms with Crippen molar-refractivity contribution in [2.45, 2.75) is 26.0 Å². The number of rotatable bonds is 3. The fourth-order valence-corrected chi connectivity index (χ4v) is 1.57. The molecule has 0 radical (unpaired) electrons. The van der Waals surface area contributed by atoms with Crippen LogP contribution in [0.25, 0.3) is 0 Å². The summed E-state index contributed by atoms with van der Waals surface area (Å²) in [5.74, 6) is 0.0845. The molecule has 0 saturated carbocycles. The molecule has 0 fully saturated rings. The van der Waals surface area contributed by atoms with Crippen molar-refractivity contribution < 1.29 is 8.42 Å². The van der Waals surface area contributed by atoms with E-state index in [1.807, 2.05) is 0 Å². The van der Waals surface area contributed by atoms with E-state index in [2.05, 4.69) is 4.99 Å². The van der Waals surface area contributed by atoms with Gasteiger partial charge >= 0.3 is 0 Å². The predicted molar refractivity (Wildman–Crippen MR) is 48.0 cm³/mol. The van der Waals surface area contributed by atoms with Crippen molar-refractivity contribution in [1.29, 1.82) is 0 Å². The standard InChI is InChI=1S/C7H15NO2S/c1-6(2)11(9,10)5-7(3)8-4/h6H,5H2,1-4H3/b8-7+. The largest absolute Gasteiger partial charge is 0.297 e. The van der Waals surface area contributed by atoms with Gasteiger partial charge in [0.05, 0.1) is 11.0 Å². The molecule has 11 heavy (non-hydrogen) atoms.